The second-order valence-corrected chi connectivity index (χ2v) is 3.76. The molecule has 3 N–H and O–H groups in total. The molecule has 0 saturated carbocycles. The van der Waals surface area contributed by atoms with Gasteiger partial charge in [-0.25, -0.2) is 14.4 Å². The van der Waals surface area contributed by atoms with Crippen LogP contribution >= 0.6 is 0 Å². The van der Waals surface area contributed by atoms with Crippen LogP contribution in [0, 0.1) is 11.2 Å². The zero-order valence-corrected chi connectivity index (χ0v) is 9.44. The summed E-state index contributed by atoms with van der Waals surface area (Å²) in [5, 5.41) is 7.18. The van der Waals surface area contributed by atoms with Crippen molar-refractivity contribution in [2.75, 3.05) is 11.4 Å². The first kappa shape index (κ1) is 12.4. The summed E-state index contributed by atoms with van der Waals surface area (Å²) in [5.74, 6) is 0.115. The van der Waals surface area contributed by atoms with Gasteiger partial charge in [0.1, 0.15) is 0 Å². The van der Waals surface area contributed by atoms with Crippen molar-refractivity contribution in [3.05, 3.63) is 18.2 Å². The van der Waals surface area contributed by atoms with Crippen molar-refractivity contribution in [1.29, 1.82) is 5.41 Å². The minimum atomic E-state index is -0.459. The second kappa shape index (κ2) is 5.39. The Morgan fingerprint density at radius 3 is 2.50 bits per heavy atom. The number of nitrogens with one attached hydrogen (secondary N) is 1. The van der Waals surface area contributed by atoms with E-state index in [2.05, 4.69) is 9.97 Å². The highest BCUT2D eigenvalue weighted by Crippen LogP contribution is 2.10. The molecule has 0 radical (unpaired) electrons. The Kier molecular flexibility index (Phi) is 4.16. The molecule has 0 bridgehead atoms. The molecule has 0 spiro atoms. The Hall–Kier alpha value is -1.72. The molecule has 0 aliphatic rings. The maximum atomic E-state index is 12.7. The van der Waals surface area contributed by atoms with Crippen LogP contribution in [0.1, 0.15) is 20.3 Å². The average Bonchev–Trinajstić information content (AvgIpc) is 2.20. The van der Waals surface area contributed by atoms with Gasteiger partial charge in [-0.15, -0.1) is 0 Å². The summed E-state index contributed by atoms with van der Waals surface area (Å²) in [6.45, 7) is 4.51. The van der Waals surface area contributed by atoms with Gasteiger partial charge in [0.05, 0.1) is 18.2 Å². The molecule has 16 heavy (non-hydrogen) atoms. The van der Waals surface area contributed by atoms with Crippen LogP contribution in [-0.2, 0) is 0 Å². The first-order valence-corrected chi connectivity index (χ1v) is 5.07. The van der Waals surface area contributed by atoms with E-state index in [0.29, 0.717) is 18.9 Å². The van der Waals surface area contributed by atoms with Gasteiger partial charge in [-0.1, -0.05) is 0 Å². The third-order valence-electron chi connectivity index (χ3n) is 2.11. The summed E-state index contributed by atoms with van der Waals surface area (Å²) in [6, 6.07) is 0.171. The number of halogens is 1. The molecular weight excluding hydrogens is 209 g/mol. The van der Waals surface area contributed by atoms with Gasteiger partial charge in [0.15, 0.2) is 5.82 Å². The van der Waals surface area contributed by atoms with Crippen molar-refractivity contribution in [2.45, 2.75) is 26.3 Å². The van der Waals surface area contributed by atoms with Crippen molar-refractivity contribution in [1.82, 2.24) is 9.97 Å². The Bertz CT molecular complexity index is 349. The number of anilines is 1. The van der Waals surface area contributed by atoms with E-state index in [0.717, 1.165) is 12.4 Å². The van der Waals surface area contributed by atoms with Gasteiger partial charge in [-0.2, -0.15) is 0 Å². The van der Waals surface area contributed by atoms with Crippen molar-refractivity contribution >= 4 is 11.8 Å². The van der Waals surface area contributed by atoms with Crippen LogP contribution in [0.15, 0.2) is 12.4 Å². The van der Waals surface area contributed by atoms with E-state index >= 15 is 0 Å². The molecule has 88 valence electrons. The normalized spacial score (nSPS) is 10.5. The lowest BCUT2D eigenvalue weighted by Crippen LogP contribution is -2.35. The van der Waals surface area contributed by atoms with Crippen LogP contribution in [-0.4, -0.2) is 28.4 Å². The Morgan fingerprint density at radius 2 is 2.06 bits per heavy atom. The second-order valence-electron chi connectivity index (χ2n) is 3.76. The fourth-order valence-corrected chi connectivity index (χ4v) is 1.28. The van der Waals surface area contributed by atoms with Gasteiger partial charge in [0.2, 0.25) is 5.95 Å². The molecule has 1 aromatic heterocycles. The van der Waals surface area contributed by atoms with Crippen molar-refractivity contribution in [3.8, 4) is 0 Å². The third-order valence-corrected chi connectivity index (χ3v) is 2.11. The molecule has 0 saturated heterocycles. The number of rotatable bonds is 5. The monoisotopic (exact) mass is 225 g/mol. The van der Waals surface area contributed by atoms with Gasteiger partial charge in [-0.3, -0.25) is 5.41 Å². The van der Waals surface area contributed by atoms with Crippen molar-refractivity contribution in [3.63, 3.8) is 0 Å². The molecule has 1 heterocycles. The van der Waals surface area contributed by atoms with Gasteiger partial charge in [0.25, 0.3) is 0 Å². The lowest BCUT2D eigenvalue weighted by Gasteiger charge is -2.26. The van der Waals surface area contributed by atoms with E-state index < -0.39 is 5.82 Å². The molecule has 1 rings (SSSR count). The van der Waals surface area contributed by atoms with E-state index in [1.54, 1.807) is 0 Å². The predicted molar refractivity (Wildman–Crippen MR) is 61.0 cm³/mol. The molecule has 6 heteroatoms. The summed E-state index contributed by atoms with van der Waals surface area (Å²) in [5.41, 5.74) is 5.30. The van der Waals surface area contributed by atoms with Crippen molar-refractivity contribution < 1.29 is 4.39 Å². The van der Waals surface area contributed by atoms with E-state index in [1.165, 1.54) is 0 Å². The molecule has 0 aliphatic heterocycles. The maximum Gasteiger partial charge on any atom is 0.225 e. The zero-order chi connectivity index (χ0) is 12.1. The molecule has 0 unspecified atom stereocenters. The Morgan fingerprint density at radius 1 is 1.50 bits per heavy atom. The number of hydrogen-bond acceptors (Lipinski definition) is 4. The van der Waals surface area contributed by atoms with Crippen LogP contribution in [0.2, 0.25) is 0 Å². The van der Waals surface area contributed by atoms with Crippen LogP contribution in [0.3, 0.4) is 0 Å². The Balaban J connectivity index is 2.77. The lowest BCUT2D eigenvalue weighted by molar-refractivity contribution is 0.604. The molecule has 1 aromatic rings. The van der Waals surface area contributed by atoms with Gasteiger partial charge in [0, 0.05) is 19.0 Å². The number of nitrogens with zero attached hydrogens (tertiary/aromatic N) is 3. The quantitative estimate of drug-likeness (QED) is 0.582. The number of aromatic nitrogens is 2. The van der Waals surface area contributed by atoms with Gasteiger partial charge in [-0.05, 0) is 13.8 Å². The minimum absolute atomic E-state index is 0.118. The van der Waals surface area contributed by atoms with E-state index in [-0.39, 0.29) is 11.9 Å². The smallest absolute Gasteiger partial charge is 0.225 e. The number of amidine groups is 1. The topological polar surface area (TPSA) is 78.9 Å². The number of nitrogens with two attached hydrogens (primary N) is 1. The third kappa shape index (κ3) is 3.45. The maximum absolute atomic E-state index is 12.7. The summed E-state index contributed by atoms with van der Waals surface area (Å²) in [4.78, 5) is 9.69. The molecular formula is C10H16FN5. The number of hydrogen-bond donors (Lipinski definition) is 2. The summed E-state index contributed by atoms with van der Waals surface area (Å²) in [7, 11) is 0. The van der Waals surface area contributed by atoms with Gasteiger partial charge < -0.3 is 10.6 Å². The summed E-state index contributed by atoms with van der Waals surface area (Å²) < 4.78 is 12.7. The average molecular weight is 225 g/mol. The van der Waals surface area contributed by atoms with Crippen molar-refractivity contribution in [2.24, 2.45) is 5.73 Å². The predicted octanol–water partition coefficient (Wildman–Crippen LogP) is 1.16. The van der Waals surface area contributed by atoms with Crippen LogP contribution in [0.25, 0.3) is 0 Å². The van der Waals surface area contributed by atoms with Crippen LogP contribution in [0.5, 0.6) is 0 Å². The van der Waals surface area contributed by atoms with E-state index in [9.17, 15) is 4.39 Å². The first-order chi connectivity index (χ1) is 7.50. The van der Waals surface area contributed by atoms with E-state index in [4.69, 9.17) is 11.1 Å². The lowest BCUT2D eigenvalue weighted by atomic mass is 10.3. The summed E-state index contributed by atoms with van der Waals surface area (Å²) >= 11 is 0. The van der Waals surface area contributed by atoms with Gasteiger partial charge >= 0.3 is 0 Å². The molecule has 0 aliphatic carbocycles. The highest BCUT2D eigenvalue weighted by atomic mass is 19.1. The molecule has 0 fully saturated rings. The van der Waals surface area contributed by atoms with E-state index in [1.807, 2.05) is 18.7 Å². The molecule has 0 amide bonds. The van der Waals surface area contributed by atoms with Crippen LogP contribution < -0.4 is 10.6 Å². The minimum Gasteiger partial charge on any atom is -0.388 e. The largest absolute Gasteiger partial charge is 0.388 e. The highest BCUT2D eigenvalue weighted by Gasteiger charge is 2.13. The highest BCUT2D eigenvalue weighted by molar-refractivity contribution is 5.77. The SMILES string of the molecule is CC(C)N(CCC(=N)N)c1ncc(F)cn1. The molecule has 0 aromatic carbocycles. The fourth-order valence-electron chi connectivity index (χ4n) is 1.28. The first-order valence-electron chi connectivity index (χ1n) is 5.07. The molecule has 0 atom stereocenters. The fraction of sp³-hybridized carbons (Fsp3) is 0.500. The Labute approximate surface area is 94.0 Å². The summed E-state index contributed by atoms with van der Waals surface area (Å²) in [6.07, 6.45) is 2.70. The standard InChI is InChI=1S/C10H16FN5/c1-7(2)16(4-3-9(12)13)10-14-5-8(11)6-15-10/h5-7H,3-4H2,1-2H3,(H3,12,13). The molecule has 5 nitrogen and oxygen atoms in total. The van der Waals surface area contributed by atoms with Crippen LogP contribution in [0.4, 0.5) is 10.3 Å². The zero-order valence-electron chi connectivity index (χ0n) is 9.44.